The number of hydrogen-bond donors (Lipinski definition) is 2. The van der Waals surface area contributed by atoms with Gasteiger partial charge in [-0.15, -0.1) is 0 Å². The van der Waals surface area contributed by atoms with Gasteiger partial charge < -0.3 is 15.3 Å². The molecule has 94 valence electrons. The first-order valence-corrected chi connectivity index (χ1v) is 5.60. The number of azide groups is 1. The number of anilines is 1. The molecule has 1 saturated heterocycles. The lowest BCUT2D eigenvalue weighted by Gasteiger charge is -2.29. The molecule has 1 heterocycles. The summed E-state index contributed by atoms with van der Waals surface area (Å²) in [6.45, 7) is 3.32. The predicted octanol–water partition coefficient (Wildman–Crippen LogP) is 1.74. The van der Waals surface area contributed by atoms with Gasteiger partial charge >= 0.3 is 5.97 Å². The highest BCUT2D eigenvalue weighted by molar-refractivity contribution is 5.90. The molecule has 18 heavy (non-hydrogen) atoms. The molecular weight excluding hydrogens is 234 g/mol. The molecule has 0 radical (unpaired) electrons. The number of carboxylic acid groups (broad SMARTS) is 1. The summed E-state index contributed by atoms with van der Waals surface area (Å²) >= 11 is 0. The monoisotopic (exact) mass is 247 g/mol. The van der Waals surface area contributed by atoms with Gasteiger partial charge in [0.2, 0.25) is 0 Å². The van der Waals surface area contributed by atoms with E-state index in [2.05, 4.69) is 20.2 Å². The van der Waals surface area contributed by atoms with Crippen LogP contribution < -0.4 is 10.2 Å². The topological polar surface area (TPSA) is 101 Å². The lowest BCUT2D eigenvalue weighted by molar-refractivity contribution is 0.0697. The van der Waals surface area contributed by atoms with Crippen LogP contribution in [-0.4, -0.2) is 37.3 Å². The molecule has 1 fully saturated rings. The number of hydrogen-bond acceptors (Lipinski definition) is 4. The van der Waals surface area contributed by atoms with Gasteiger partial charge in [-0.25, -0.2) is 4.79 Å². The Balaban J connectivity index is 2.38. The lowest BCUT2D eigenvalue weighted by Crippen LogP contribution is -2.43. The van der Waals surface area contributed by atoms with Gasteiger partial charge in [-0.1, -0.05) is 5.11 Å². The summed E-state index contributed by atoms with van der Waals surface area (Å²) in [6.07, 6.45) is 0. The van der Waals surface area contributed by atoms with Gasteiger partial charge in [0.1, 0.15) is 0 Å². The Kier molecular flexibility index (Phi) is 3.66. The summed E-state index contributed by atoms with van der Waals surface area (Å²) in [5.74, 6) is -1.03. The normalized spacial score (nSPS) is 15.0. The van der Waals surface area contributed by atoms with Gasteiger partial charge in [-0.05, 0) is 23.7 Å². The Hall–Kier alpha value is -2.24. The molecule has 7 nitrogen and oxygen atoms in total. The molecule has 0 saturated carbocycles. The summed E-state index contributed by atoms with van der Waals surface area (Å²) in [5, 5.41) is 15.7. The minimum absolute atomic E-state index is 0.133. The maximum Gasteiger partial charge on any atom is 0.335 e. The third-order valence-electron chi connectivity index (χ3n) is 2.79. The van der Waals surface area contributed by atoms with Crippen molar-refractivity contribution in [3.63, 3.8) is 0 Å². The molecule has 2 rings (SSSR count). The number of rotatable bonds is 3. The van der Waals surface area contributed by atoms with Gasteiger partial charge in [-0.3, -0.25) is 0 Å². The van der Waals surface area contributed by atoms with E-state index in [1.807, 2.05) is 0 Å². The summed E-state index contributed by atoms with van der Waals surface area (Å²) in [4.78, 5) is 15.8. The molecule has 1 aromatic carbocycles. The maximum absolute atomic E-state index is 11.0. The van der Waals surface area contributed by atoms with Crippen LogP contribution in [0.4, 0.5) is 11.4 Å². The molecule has 1 aromatic rings. The average molecular weight is 247 g/mol. The van der Waals surface area contributed by atoms with E-state index in [1.54, 1.807) is 12.1 Å². The first-order valence-electron chi connectivity index (χ1n) is 5.60. The summed E-state index contributed by atoms with van der Waals surface area (Å²) in [5.41, 5.74) is 9.67. The molecule has 2 N–H and O–H groups in total. The van der Waals surface area contributed by atoms with Gasteiger partial charge in [0.25, 0.3) is 0 Å². The Labute approximate surface area is 104 Å². The summed E-state index contributed by atoms with van der Waals surface area (Å²) in [7, 11) is 0. The van der Waals surface area contributed by atoms with E-state index >= 15 is 0 Å². The zero-order chi connectivity index (χ0) is 13.0. The number of aromatic carboxylic acids is 1. The van der Waals surface area contributed by atoms with E-state index in [-0.39, 0.29) is 5.56 Å². The highest BCUT2D eigenvalue weighted by atomic mass is 16.4. The second-order valence-corrected chi connectivity index (χ2v) is 3.97. The van der Waals surface area contributed by atoms with Crippen LogP contribution in [0.1, 0.15) is 10.4 Å². The van der Waals surface area contributed by atoms with Crippen LogP contribution in [0.25, 0.3) is 10.4 Å². The van der Waals surface area contributed by atoms with Crippen molar-refractivity contribution in [3.05, 3.63) is 34.2 Å². The van der Waals surface area contributed by atoms with Crippen LogP contribution in [0.5, 0.6) is 0 Å². The highest BCUT2D eigenvalue weighted by Crippen LogP contribution is 2.25. The number of piperazine rings is 1. The zero-order valence-corrected chi connectivity index (χ0v) is 9.70. The second kappa shape index (κ2) is 5.39. The molecule has 7 heteroatoms. The maximum atomic E-state index is 11.0. The Bertz CT molecular complexity index is 484. The first kappa shape index (κ1) is 12.2. The van der Waals surface area contributed by atoms with E-state index < -0.39 is 5.97 Å². The van der Waals surface area contributed by atoms with Crippen molar-refractivity contribution < 1.29 is 9.90 Å². The van der Waals surface area contributed by atoms with E-state index in [0.717, 1.165) is 31.9 Å². The van der Waals surface area contributed by atoms with Crippen molar-refractivity contribution in [2.24, 2.45) is 5.11 Å². The number of carbonyl (C=O) groups is 1. The molecule has 1 aliphatic rings. The van der Waals surface area contributed by atoms with Gasteiger partial charge in [0, 0.05) is 42.5 Å². The van der Waals surface area contributed by atoms with E-state index in [9.17, 15) is 4.79 Å². The van der Waals surface area contributed by atoms with E-state index in [1.165, 1.54) is 6.07 Å². The number of benzene rings is 1. The largest absolute Gasteiger partial charge is 0.478 e. The molecule has 0 spiro atoms. The molecular formula is C11H13N5O2. The average Bonchev–Trinajstić information content (AvgIpc) is 2.40. The van der Waals surface area contributed by atoms with Crippen molar-refractivity contribution in [1.29, 1.82) is 0 Å². The number of nitrogens with zero attached hydrogens (tertiary/aromatic N) is 4. The number of carboxylic acids is 1. The molecule has 1 aliphatic heterocycles. The van der Waals surface area contributed by atoms with Crippen molar-refractivity contribution in [2.45, 2.75) is 0 Å². The zero-order valence-electron chi connectivity index (χ0n) is 9.70. The molecule has 0 aliphatic carbocycles. The fourth-order valence-electron chi connectivity index (χ4n) is 1.93. The molecule has 0 bridgehead atoms. The smallest absolute Gasteiger partial charge is 0.335 e. The standard InChI is InChI=1S/C11H13N5O2/c12-15-14-9-5-8(11(17)18)6-10(7-9)16-3-1-13-2-4-16/h5-7,13H,1-4H2,(H,17,18). The van der Waals surface area contributed by atoms with Gasteiger partial charge in [-0.2, -0.15) is 0 Å². The van der Waals surface area contributed by atoms with Gasteiger partial charge in [0.05, 0.1) is 5.56 Å². The van der Waals surface area contributed by atoms with Crippen LogP contribution in [-0.2, 0) is 0 Å². The van der Waals surface area contributed by atoms with Crippen LogP contribution >= 0.6 is 0 Å². The summed E-state index contributed by atoms with van der Waals surface area (Å²) in [6, 6.07) is 4.68. The SMILES string of the molecule is [N-]=[N+]=Nc1cc(C(=O)O)cc(N2CCNCC2)c1. The van der Waals surface area contributed by atoms with Crippen LogP contribution in [0.15, 0.2) is 23.3 Å². The van der Waals surface area contributed by atoms with Crippen LogP contribution in [0.2, 0.25) is 0 Å². The van der Waals surface area contributed by atoms with Crippen molar-refractivity contribution in [2.75, 3.05) is 31.1 Å². The second-order valence-electron chi connectivity index (χ2n) is 3.97. The third kappa shape index (κ3) is 2.71. The minimum Gasteiger partial charge on any atom is -0.478 e. The molecule has 0 atom stereocenters. The van der Waals surface area contributed by atoms with Crippen LogP contribution in [0, 0.1) is 0 Å². The highest BCUT2D eigenvalue weighted by Gasteiger charge is 2.13. The molecule has 0 amide bonds. The fourth-order valence-corrected chi connectivity index (χ4v) is 1.93. The molecule has 0 aromatic heterocycles. The van der Waals surface area contributed by atoms with Crippen LogP contribution in [0.3, 0.4) is 0 Å². The lowest BCUT2D eigenvalue weighted by atomic mass is 10.1. The Morgan fingerprint density at radius 2 is 2.11 bits per heavy atom. The third-order valence-corrected chi connectivity index (χ3v) is 2.79. The molecule has 0 unspecified atom stereocenters. The number of nitrogens with one attached hydrogen (secondary N) is 1. The van der Waals surface area contributed by atoms with Crippen molar-refractivity contribution in [1.82, 2.24) is 5.32 Å². The quantitative estimate of drug-likeness (QED) is 0.482. The van der Waals surface area contributed by atoms with Crippen molar-refractivity contribution in [3.8, 4) is 0 Å². The van der Waals surface area contributed by atoms with Crippen molar-refractivity contribution >= 4 is 17.3 Å². The summed E-state index contributed by atoms with van der Waals surface area (Å²) < 4.78 is 0. The Morgan fingerprint density at radius 3 is 2.72 bits per heavy atom. The van der Waals surface area contributed by atoms with E-state index in [4.69, 9.17) is 10.6 Å². The van der Waals surface area contributed by atoms with Gasteiger partial charge in [0.15, 0.2) is 0 Å². The minimum atomic E-state index is -1.03. The van der Waals surface area contributed by atoms with E-state index in [0.29, 0.717) is 5.69 Å². The fraction of sp³-hybridized carbons (Fsp3) is 0.364. The Morgan fingerprint density at radius 1 is 1.39 bits per heavy atom. The predicted molar refractivity (Wildman–Crippen MR) is 67.3 cm³/mol. The first-order chi connectivity index (χ1) is 8.70.